The lowest BCUT2D eigenvalue weighted by Gasteiger charge is -2.29. The van der Waals surface area contributed by atoms with Gasteiger partial charge in [-0.25, -0.2) is 0 Å². The van der Waals surface area contributed by atoms with E-state index >= 15 is 0 Å². The molecule has 1 amide bonds. The van der Waals surface area contributed by atoms with Crippen LogP contribution in [0.3, 0.4) is 0 Å². The lowest BCUT2D eigenvalue weighted by Crippen LogP contribution is -2.35. The van der Waals surface area contributed by atoms with Crippen molar-refractivity contribution in [3.63, 3.8) is 0 Å². The number of benzene rings is 1. The number of anilines is 1. The van der Waals surface area contributed by atoms with Crippen LogP contribution in [0.1, 0.15) is 51.0 Å². The van der Waals surface area contributed by atoms with E-state index in [0.717, 1.165) is 24.1 Å². The number of nitrogen functional groups attached to an aromatic ring is 1. The van der Waals surface area contributed by atoms with Crippen LogP contribution in [0.4, 0.5) is 5.69 Å². The van der Waals surface area contributed by atoms with Gasteiger partial charge in [-0.05, 0) is 37.0 Å². The fourth-order valence-electron chi connectivity index (χ4n) is 2.61. The molecule has 2 rings (SSSR count). The highest BCUT2D eigenvalue weighted by molar-refractivity contribution is 5.80. The Kier molecular flexibility index (Phi) is 7.59. The summed E-state index contributed by atoms with van der Waals surface area (Å²) in [5, 5.41) is 0. The normalized spacial score (nSPS) is 15.9. The zero-order valence-electron chi connectivity index (χ0n) is 14.1. The van der Waals surface area contributed by atoms with Crippen molar-refractivity contribution in [2.24, 2.45) is 11.1 Å². The zero-order valence-corrected chi connectivity index (χ0v) is 14.1. The van der Waals surface area contributed by atoms with Crippen molar-refractivity contribution in [2.45, 2.75) is 51.9 Å². The molecule has 1 fully saturated rings. The van der Waals surface area contributed by atoms with E-state index in [0.29, 0.717) is 12.8 Å². The molecule has 0 radical (unpaired) electrons. The molecule has 4 N–H and O–H groups in total. The first-order valence-electron chi connectivity index (χ1n) is 8.08. The van der Waals surface area contributed by atoms with Crippen molar-refractivity contribution in [2.75, 3.05) is 12.8 Å². The molecule has 23 heavy (non-hydrogen) atoms. The van der Waals surface area contributed by atoms with Crippen LogP contribution in [0.5, 0.6) is 0 Å². The van der Waals surface area contributed by atoms with Gasteiger partial charge in [-0.15, -0.1) is 0 Å². The number of hydrogen-bond acceptors (Lipinski definition) is 4. The third-order valence-electron chi connectivity index (χ3n) is 4.38. The van der Waals surface area contributed by atoms with Crippen molar-refractivity contribution in [3.8, 4) is 0 Å². The van der Waals surface area contributed by atoms with Crippen LogP contribution in [0.25, 0.3) is 0 Å². The Hall–Kier alpha value is -2.04. The highest BCUT2D eigenvalue weighted by atomic mass is 16.5. The number of methoxy groups -OCH3 is 1. The second-order valence-corrected chi connectivity index (χ2v) is 6.30. The van der Waals surface area contributed by atoms with Crippen LogP contribution >= 0.6 is 0 Å². The number of nitrogens with two attached hydrogens (primary N) is 2. The van der Waals surface area contributed by atoms with Crippen molar-refractivity contribution in [1.82, 2.24) is 0 Å². The Bertz CT molecular complexity index is 506. The SMILES string of the molecule is CC1(C(N)=O)CCCCC1.COC(=O)CCc1ccc(N)cc1. The maximum absolute atomic E-state index is 10.9. The number of aryl methyl sites for hydroxylation is 1. The van der Waals surface area contributed by atoms with Crippen LogP contribution in [0.15, 0.2) is 24.3 Å². The van der Waals surface area contributed by atoms with Gasteiger partial charge in [0.15, 0.2) is 0 Å². The average molecular weight is 320 g/mol. The van der Waals surface area contributed by atoms with Crippen LogP contribution < -0.4 is 11.5 Å². The van der Waals surface area contributed by atoms with Gasteiger partial charge in [0.2, 0.25) is 5.91 Å². The highest BCUT2D eigenvalue weighted by Crippen LogP contribution is 2.34. The number of carbonyl (C=O) groups excluding carboxylic acids is 2. The minimum Gasteiger partial charge on any atom is -0.469 e. The van der Waals surface area contributed by atoms with Gasteiger partial charge < -0.3 is 16.2 Å². The van der Waals surface area contributed by atoms with Crippen LogP contribution in [0, 0.1) is 5.41 Å². The van der Waals surface area contributed by atoms with Crippen molar-refractivity contribution in [1.29, 1.82) is 0 Å². The van der Waals surface area contributed by atoms with Crippen molar-refractivity contribution in [3.05, 3.63) is 29.8 Å². The molecule has 1 aromatic carbocycles. The summed E-state index contributed by atoms with van der Waals surface area (Å²) < 4.78 is 4.53. The van der Waals surface area contributed by atoms with Crippen LogP contribution in [-0.2, 0) is 20.7 Å². The first-order chi connectivity index (χ1) is 10.9. The molecule has 128 valence electrons. The number of carbonyl (C=O) groups is 2. The molecule has 5 heteroatoms. The predicted molar refractivity (Wildman–Crippen MR) is 91.6 cm³/mol. The second kappa shape index (κ2) is 9.18. The summed E-state index contributed by atoms with van der Waals surface area (Å²) in [6.07, 6.45) is 6.69. The molecule has 1 aromatic rings. The summed E-state index contributed by atoms with van der Waals surface area (Å²) >= 11 is 0. The molecule has 1 aliphatic carbocycles. The zero-order chi connectivity index (χ0) is 17.3. The van der Waals surface area contributed by atoms with Gasteiger partial charge in [0.25, 0.3) is 0 Å². The lowest BCUT2D eigenvalue weighted by atomic mass is 9.75. The molecule has 0 bridgehead atoms. The Morgan fingerprint density at radius 1 is 1.13 bits per heavy atom. The summed E-state index contributed by atoms with van der Waals surface area (Å²) in [6.45, 7) is 1.98. The van der Waals surface area contributed by atoms with E-state index in [2.05, 4.69) is 4.74 Å². The summed E-state index contributed by atoms with van der Waals surface area (Å²) in [5.74, 6) is -0.302. The standard InChI is InChI=1S/C10H13NO2.C8H15NO/c1-13-10(12)7-4-8-2-5-9(11)6-3-8;1-8(7(9)10)5-3-2-4-6-8/h2-3,5-6H,4,7,11H2,1H3;2-6H2,1H3,(H2,9,10). The number of hydrogen-bond donors (Lipinski definition) is 2. The summed E-state index contributed by atoms with van der Waals surface area (Å²) in [7, 11) is 1.39. The fourth-order valence-corrected chi connectivity index (χ4v) is 2.61. The third-order valence-corrected chi connectivity index (χ3v) is 4.38. The lowest BCUT2D eigenvalue weighted by molar-refractivity contribution is -0.140. The summed E-state index contributed by atoms with van der Waals surface area (Å²) in [5.41, 5.74) is 12.4. The molecule has 0 atom stereocenters. The molecule has 0 aromatic heterocycles. The molecule has 1 saturated carbocycles. The van der Waals surface area contributed by atoms with Crippen molar-refractivity contribution >= 4 is 17.6 Å². The Morgan fingerprint density at radius 2 is 1.70 bits per heavy atom. The van der Waals surface area contributed by atoms with Crippen molar-refractivity contribution < 1.29 is 14.3 Å². The van der Waals surface area contributed by atoms with E-state index in [-0.39, 0.29) is 17.3 Å². The van der Waals surface area contributed by atoms with Gasteiger partial charge in [0, 0.05) is 17.5 Å². The number of amides is 1. The molecule has 0 unspecified atom stereocenters. The van der Waals surface area contributed by atoms with Crippen LogP contribution in [-0.4, -0.2) is 19.0 Å². The average Bonchev–Trinajstić information content (AvgIpc) is 2.55. The number of ether oxygens (including phenoxy) is 1. The monoisotopic (exact) mass is 320 g/mol. The molecule has 0 aliphatic heterocycles. The van der Waals surface area contributed by atoms with E-state index < -0.39 is 0 Å². The number of rotatable bonds is 4. The maximum Gasteiger partial charge on any atom is 0.305 e. The molecule has 0 spiro atoms. The van der Waals surface area contributed by atoms with E-state index in [1.165, 1.54) is 26.4 Å². The smallest absolute Gasteiger partial charge is 0.305 e. The van der Waals surface area contributed by atoms with Gasteiger partial charge >= 0.3 is 5.97 Å². The van der Waals surface area contributed by atoms with E-state index in [4.69, 9.17) is 11.5 Å². The van der Waals surface area contributed by atoms with Gasteiger partial charge in [-0.2, -0.15) is 0 Å². The summed E-state index contributed by atoms with van der Waals surface area (Å²) in [6, 6.07) is 7.48. The van der Waals surface area contributed by atoms with E-state index in [9.17, 15) is 9.59 Å². The molecular formula is C18H28N2O3. The minimum atomic E-state index is -0.183. The second-order valence-electron chi connectivity index (χ2n) is 6.30. The predicted octanol–water partition coefficient (Wildman–Crippen LogP) is 2.82. The van der Waals surface area contributed by atoms with Gasteiger partial charge in [0.05, 0.1) is 7.11 Å². The van der Waals surface area contributed by atoms with Gasteiger partial charge in [-0.1, -0.05) is 38.3 Å². The van der Waals surface area contributed by atoms with E-state index in [1.54, 1.807) is 0 Å². The van der Waals surface area contributed by atoms with E-state index in [1.807, 2.05) is 31.2 Å². The maximum atomic E-state index is 10.9. The molecule has 1 aliphatic rings. The highest BCUT2D eigenvalue weighted by Gasteiger charge is 2.32. The van der Waals surface area contributed by atoms with Crippen LogP contribution in [0.2, 0.25) is 0 Å². The van der Waals surface area contributed by atoms with Gasteiger partial charge in [-0.3, -0.25) is 9.59 Å². The molecule has 5 nitrogen and oxygen atoms in total. The quantitative estimate of drug-likeness (QED) is 0.658. The molecular weight excluding hydrogens is 292 g/mol. The number of esters is 1. The fraction of sp³-hybridized carbons (Fsp3) is 0.556. The topological polar surface area (TPSA) is 95.4 Å². The van der Waals surface area contributed by atoms with Gasteiger partial charge in [0.1, 0.15) is 0 Å². The first kappa shape index (κ1) is 19.0. The Morgan fingerprint density at radius 3 is 2.13 bits per heavy atom. The minimum absolute atomic E-state index is 0.118. The Labute approximate surface area is 138 Å². The molecule has 0 saturated heterocycles. The summed E-state index contributed by atoms with van der Waals surface area (Å²) in [4.78, 5) is 21.7. The first-order valence-corrected chi connectivity index (χ1v) is 8.08. The third kappa shape index (κ3) is 6.72. The largest absolute Gasteiger partial charge is 0.469 e. The number of primary amides is 1. The Balaban J connectivity index is 0.000000238. The molecule has 0 heterocycles.